The summed E-state index contributed by atoms with van der Waals surface area (Å²) in [4.78, 5) is 5.44. The van der Waals surface area contributed by atoms with E-state index in [0.29, 0.717) is 0 Å². The number of halogens is 1. The Labute approximate surface area is 108 Å². The molecule has 1 unspecified atom stereocenters. The molecule has 16 heavy (non-hydrogen) atoms. The van der Waals surface area contributed by atoms with E-state index >= 15 is 0 Å². The van der Waals surface area contributed by atoms with Crippen molar-refractivity contribution in [3.63, 3.8) is 0 Å². The van der Waals surface area contributed by atoms with Crippen molar-refractivity contribution in [2.24, 2.45) is 11.7 Å². The van der Waals surface area contributed by atoms with Crippen LogP contribution in [0, 0.1) is 19.8 Å². The summed E-state index contributed by atoms with van der Waals surface area (Å²) in [5.74, 6) is 0.727. The van der Waals surface area contributed by atoms with Crippen molar-refractivity contribution >= 4 is 23.7 Å². The Morgan fingerprint density at radius 1 is 1.50 bits per heavy atom. The van der Waals surface area contributed by atoms with Crippen LogP contribution in [0.15, 0.2) is 6.07 Å². The maximum absolute atomic E-state index is 5.70. The Balaban J connectivity index is 0.00000128. The highest BCUT2D eigenvalue weighted by Gasteiger charge is 2.21. The van der Waals surface area contributed by atoms with Crippen molar-refractivity contribution in [1.29, 1.82) is 0 Å². The number of hydrogen-bond acceptors (Lipinski definition) is 3. The number of nitrogens with zero attached hydrogens (tertiary/aromatic N) is 1. The van der Waals surface area contributed by atoms with Crippen LogP contribution < -0.4 is 5.73 Å². The molecule has 4 heteroatoms. The number of rotatable bonds is 3. The minimum Gasteiger partial charge on any atom is -0.330 e. The van der Waals surface area contributed by atoms with Gasteiger partial charge in [-0.05, 0) is 50.9 Å². The molecular formula is C12H21ClN2S. The molecule has 2 rings (SSSR count). The van der Waals surface area contributed by atoms with Gasteiger partial charge in [0.1, 0.15) is 0 Å². The van der Waals surface area contributed by atoms with E-state index in [1.807, 2.05) is 11.3 Å². The number of nitrogens with two attached hydrogens (primary N) is 1. The van der Waals surface area contributed by atoms with Crippen LogP contribution in [0.25, 0.3) is 0 Å². The van der Waals surface area contributed by atoms with E-state index in [2.05, 4.69) is 24.8 Å². The van der Waals surface area contributed by atoms with Gasteiger partial charge in [0, 0.05) is 22.8 Å². The molecule has 0 bridgehead atoms. The molecule has 2 nitrogen and oxygen atoms in total. The third-order valence-corrected chi connectivity index (χ3v) is 4.25. The van der Waals surface area contributed by atoms with E-state index < -0.39 is 0 Å². The lowest BCUT2D eigenvalue weighted by atomic mass is 10.1. The summed E-state index contributed by atoms with van der Waals surface area (Å²) in [6, 6.07) is 2.33. The average Bonchev–Trinajstić information content (AvgIpc) is 2.75. The third kappa shape index (κ3) is 3.20. The minimum atomic E-state index is 0. The molecule has 92 valence electrons. The van der Waals surface area contributed by atoms with Crippen molar-refractivity contribution in [1.82, 2.24) is 4.90 Å². The van der Waals surface area contributed by atoms with E-state index in [0.717, 1.165) is 19.0 Å². The van der Waals surface area contributed by atoms with Crippen LogP contribution in [0.3, 0.4) is 0 Å². The second-order valence-electron chi connectivity index (χ2n) is 4.56. The second-order valence-corrected chi connectivity index (χ2v) is 6.02. The van der Waals surface area contributed by atoms with Crippen LogP contribution in [0.2, 0.25) is 0 Å². The van der Waals surface area contributed by atoms with E-state index in [-0.39, 0.29) is 12.4 Å². The maximum Gasteiger partial charge on any atom is 0.0244 e. The van der Waals surface area contributed by atoms with E-state index in [1.54, 1.807) is 0 Å². The van der Waals surface area contributed by atoms with Crippen molar-refractivity contribution in [3.8, 4) is 0 Å². The van der Waals surface area contributed by atoms with Gasteiger partial charge in [0.25, 0.3) is 0 Å². The van der Waals surface area contributed by atoms with Gasteiger partial charge in [-0.3, -0.25) is 4.90 Å². The van der Waals surface area contributed by atoms with Gasteiger partial charge in [-0.15, -0.1) is 23.7 Å². The molecule has 2 N–H and O–H groups in total. The third-order valence-electron chi connectivity index (χ3n) is 3.24. The maximum atomic E-state index is 5.70. The SMILES string of the molecule is Cc1cc(CN2CCC(CN)C2)c(C)s1.Cl. The van der Waals surface area contributed by atoms with E-state index in [4.69, 9.17) is 5.73 Å². The summed E-state index contributed by atoms with van der Waals surface area (Å²) in [5.41, 5.74) is 7.21. The zero-order chi connectivity index (χ0) is 10.8. The number of hydrogen-bond donors (Lipinski definition) is 1. The summed E-state index contributed by atoms with van der Waals surface area (Å²) >= 11 is 1.91. The Hall–Kier alpha value is -0.0900. The summed E-state index contributed by atoms with van der Waals surface area (Å²) in [6.45, 7) is 8.78. The summed E-state index contributed by atoms with van der Waals surface area (Å²) in [6.07, 6.45) is 1.28. The topological polar surface area (TPSA) is 29.3 Å². The van der Waals surface area contributed by atoms with Crippen LogP contribution in [0.4, 0.5) is 0 Å². The molecule has 1 atom stereocenters. The van der Waals surface area contributed by atoms with Crippen LogP contribution >= 0.6 is 23.7 Å². The minimum absolute atomic E-state index is 0. The smallest absolute Gasteiger partial charge is 0.0244 e. The van der Waals surface area contributed by atoms with Crippen LogP contribution in [-0.4, -0.2) is 24.5 Å². The molecule has 0 spiro atoms. The molecule has 1 saturated heterocycles. The summed E-state index contributed by atoms with van der Waals surface area (Å²) in [5, 5.41) is 0. The Kier molecular flexibility index (Phi) is 5.25. The fraction of sp³-hybridized carbons (Fsp3) is 0.667. The number of thiophene rings is 1. The Morgan fingerprint density at radius 3 is 2.75 bits per heavy atom. The molecule has 0 aromatic carbocycles. The fourth-order valence-corrected chi connectivity index (χ4v) is 3.27. The molecule has 0 saturated carbocycles. The zero-order valence-corrected chi connectivity index (χ0v) is 11.7. The monoisotopic (exact) mass is 260 g/mol. The van der Waals surface area contributed by atoms with Crippen LogP contribution in [-0.2, 0) is 6.54 Å². The van der Waals surface area contributed by atoms with Crippen LogP contribution in [0.5, 0.6) is 0 Å². The van der Waals surface area contributed by atoms with Gasteiger partial charge in [0.15, 0.2) is 0 Å². The quantitative estimate of drug-likeness (QED) is 0.905. The van der Waals surface area contributed by atoms with E-state index in [9.17, 15) is 0 Å². The molecule has 1 aliphatic rings. The molecule has 1 fully saturated rings. The highest BCUT2D eigenvalue weighted by atomic mass is 35.5. The first-order valence-corrected chi connectivity index (χ1v) is 6.49. The Bertz CT molecular complexity index is 338. The first kappa shape index (κ1) is 14.0. The fourth-order valence-electron chi connectivity index (χ4n) is 2.33. The van der Waals surface area contributed by atoms with Gasteiger partial charge in [-0.2, -0.15) is 0 Å². The van der Waals surface area contributed by atoms with Gasteiger partial charge >= 0.3 is 0 Å². The highest BCUT2D eigenvalue weighted by Crippen LogP contribution is 2.24. The van der Waals surface area contributed by atoms with E-state index in [1.165, 1.54) is 34.8 Å². The molecule has 2 heterocycles. The first-order valence-electron chi connectivity index (χ1n) is 5.67. The van der Waals surface area contributed by atoms with Gasteiger partial charge < -0.3 is 5.73 Å². The second kappa shape index (κ2) is 6.01. The summed E-state index contributed by atoms with van der Waals surface area (Å²) < 4.78 is 0. The van der Waals surface area contributed by atoms with Gasteiger partial charge in [0.2, 0.25) is 0 Å². The standard InChI is InChI=1S/C12H20N2S.ClH/c1-9-5-12(10(2)15-9)8-14-4-3-11(6-13)7-14;/h5,11H,3-4,6-8,13H2,1-2H3;1H. The average molecular weight is 261 g/mol. The van der Waals surface area contributed by atoms with Crippen molar-refractivity contribution in [3.05, 3.63) is 21.4 Å². The predicted molar refractivity (Wildman–Crippen MR) is 73.5 cm³/mol. The molecule has 0 radical (unpaired) electrons. The van der Waals surface area contributed by atoms with Gasteiger partial charge in [0.05, 0.1) is 0 Å². The van der Waals surface area contributed by atoms with Crippen molar-refractivity contribution in [2.75, 3.05) is 19.6 Å². The number of aryl methyl sites for hydroxylation is 2. The molecule has 0 amide bonds. The molecule has 1 aromatic heterocycles. The molecule has 0 aliphatic carbocycles. The zero-order valence-electron chi connectivity index (χ0n) is 10.0. The lowest BCUT2D eigenvalue weighted by Crippen LogP contribution is -2.22. The lowest BCUT2D eigenvalue weighted by molar-refractivity contribution is 0.318. The van der Waals surface area contributed by atoms with Crippen LogP contribution in [0.1, 0.15) is 21.7 Å². The molecular weight excluding hydrogens is 240 g/mol. The van der Waals surface area contributed by atoms with Crippen molar-refractivity contribution < 1.29 is 0 Å². The summed E-state index contributed by atoms with van der Waals surface area (Å²) in [7, 11) is 0. The van der Waals surface area contributed by atoms with Gasteiger partial charge in [-0.25, -0.2) is 0 Å². The normalized spacial score (nSPS) is 21.1. The highest BCUT2D eigenvalue weighted by molar-refractivity contribution is 7.12. The van der Waals surface area contributed by atoms with Gasteiger partial charge in [-0.1, -0.05) is 0 Å². The largest absolute Gasteiger partial charge is 0.330 e. The van der Waals surface area contributed by atoms with Crippen molar-refractivity contribution in [2.45, 2.75) is 26.8 Å². The lowest BCUT2D eigenvalue weighted by Gasteiger charge is -2.15. The molecule has 1 aromatic rings. The Morgan fingerprint density at radius 2 is 2.25 bits per heavy atom. The molecule has 1 aliphatic heterocycles. The predicted octanol–water partition coefficient (Wildman–Crippen LogP) is 2.57. The first-order chi connectivity index (χ1) is 7.19. The number of likely N-dealkylation sites (tertiary alicyclic amines) is 1.